The van der Waals surface area contributed by atoms with Gasteiger partial charge in [0.05, 0.1) is 48.0 Å². The molecule has 64 heavy (non-hydrogen) atoms. The molecule has 0 aliphatic rings. The third-order valence-electron chi connectivity index (χ3n) is 9.72. The Balaban J connectivity index is 0.000000561. The molecule has 7 aromatic rings. The molecule has 0 bridgehead atoms. The monoisotopic (exact) mass is 874 g/mol. The van der Waals surface area contributed by atoms with Crippen LogP contribution in [-0.2, 0) is 32.6 Å². The fourth-order valence-corrected chi connectivity index (χ4v) is 6.86. The largest absolute Gasteiger partial charge is 0.494 e. The zero-order chi connectivity index (χ0) is 46.5. The Labute approximate surface area is 369 Å². The van der Waals surface area contributed by atoms with Crippen LogP contribution >= 0.6 is 0 Å². The molecule has 0 radical (unpaired) electrons. The summed E-state index contributed by atoms with van der Waals surface area (Å²) in [7, 11) is 4.80. The lowest BCUT2D eigenvalue weighted by Gasteiger charge is -2.13. The first-order chi connectivity index (χ1) is 30.9. The highest BCUT2D eigenvalue weighted by molar-refractivity contribution is 6.04. The van der Waals surface area contributed by atoms with Crippen molar-refractivity contribution in [3.63, 3.8) is 0 Å². The number of benzene rings is 2. The van der Waals surface area contributed by atoms with Crippen molar-refractivity contribution in [3.8, 4) is 11.5 Å². The van der Waals surface area contributed by atoms with Crippen LogP contribution in [0.1, 0.15) is 72.6 Å². The Morgan fingerprint density at radius 2 is 1.45 bits per heavy atom. The van der Waals surface area contributed by atoms with Gasteiger partial charge in [0.25, 0.3) is 5.91 Å². The van der Waals surface area contributed by atoms with Crippen molar-refractivity contribution in [1.29, 1.82) is 0 Å². The number of aromatic nitrogens is 9. The number of fused-ring (bicyclic) bond motifs is 2. The van der Waals surface area contributed by atoms with E-state index in [2.05, 4.69) is 36.5 Å². The van der Waals surface area contributed by atoms with Gasteiger partial charge in [0, 0.05) is 56.5 Å². The van der Waals surface area contributed by atoms with E-state index in [9.17, 15) is 19.2 Å². The van der Waals surface area contributed by atoms with Gasteiger partial charge < -0.3 is 41.1 Å². The second kappa shape index (κ2) is 21.8. The highest BCUT2D eigenvalue weighted by atomic mass is 16.5. The maximum absolute atomic E-state index is 13.6. The summed E-state index contributed by atoms with van der Waals surface area (Å²) in [6.07, 6.45) is 7.47. The van der Waals surface area contributed by atoms with Gasteiger partial charge in [-0.1, -0.05) is 12.2 Å². The van der Waals surface area contributed by atoms with Crippen molar-refractivity contribution in [2.75, 3.05) is 44.2 Å². The number of aldehydes is 2. The van der Waals surface area contributed by atoms with Crippen LogP contribution in [0.15, 0.2) is 66.9 Å². The number of aryl methyl sites for hydroxylation is 4. The van der Waals surface area contributed by atoms with Gasteiger partial charge in [0.1, 0.15) is 40.2 Å². The van der Waals surface area contributed by atoms with Gasteiger partial charge in [0.15, 0.2) is 6.29 Å². The van der Waals surface area contributed by atoms with Crippen LogP contribution < -0.4 is 37.3 Å². The van der Waals surface area contributed by atoms with E-state index in [0.29, 0.717) is 81.8 Å². The van der Waals surface area contributed by atoms with Crippen molar-refractivity contribution < 1.29 is 28.7 Å². The van der Waals surface area contributed by atoms with E-state index in [-0.39, 0.29) is 24.7 Å². The van der Waals surface area contributed by atoms with E-state index >= 15 is 0 Å². The van der Waals surface area contributed by atoms with E-state index in [1.165, 1.54) is 7.05 Å². The summed E-state index contributed by atoms with van der Waals surface area (Å²) >= 11 is 0. The maximum atomic E-state index is 13.6. The summed E-state index contributed by atoms with van der Waals surface area (Å²) in [5.74, 6) is 0.611. The van der Waals surface area contributed by atoms with E-state index < -0.39 is 11.8 Å². The minimum Gasteiger partial charge on any atom is -0.494 e. The summed E-state index contributed by atoms with van der Waals surface area (Å²) in [6.45, 7) is 9.65. The SMILES string of the molecule is CCn1nc(C)cc1C(=O)Nc1nc2cc(C(N)=O)cc(OCCc3ccc(N)cn3)c2n1C/C=C/Cn1c(NC)nc2cc(C=O)cc(OC)c21.CCn1nc(C)cc1C=O.CN. The number of carbonyl (C=O) groups is 4. The first kappa shape index (κ1) is 47.2. The van der Waals surface area contributed by atoms with Gasteiger partial charge >= 0.3 is 0 Å². The highest BCUT2D eigenvalue weighted by Crippen LogP contribution is 2.33. The lowest BCUT2D eigenvalue weighted by atomic mass is 10.1. The first-order valence-corrected chi connectivity index (χ1v) is 20.4. The fourth-order valence-electron chi connectivity index (χ4n) is 6.86. The Bertz CT molecular complexity index is 2780. The number of nitrogens with two attached hydrogens (primary N) is 3. The molecule has 0 saturated carbocycles. The molecule has 2 amide bonds. The van der Waals surface area contributed by atoms with Gasteiger partial charge in [0.2, 0.25) is 17.8 Å². The molecule has 0 spiro atoms. The molecule has 0 unspecified atom stereocenters. The number of hydrogen-bond acceptors (Lipinski definition) is 14. The summed E-state index contributed by atoms with van der Waals surface area (Å²) in [5, 5.41) is 14.5. The van der Waals surface area contributed by atoms with Crippen molar-refractivity contribution in [2.24, 2.45) is 11.5 Å². The third-order valence-corrected chi connectivity index (χ3v) is 9.72. The van der Waals surface area contributed by atoms with E-state index in [1.54, 1.807) is 76.7 Å². The topological polar surface area (TPSA) is 273 Å². The van der Waals surface area contributed by atoms with Gasteiger partial charge in [-0.15, -0.1) is 0 Å². The van der Waals surface area contributed by atoms with E-state index in [1.807, 2.05) is 50.5 Å². The van der Waals surface area contributed by atoms with Crippen LogP contribution in [0, 0.1) is 13.8 Å². The summed E-state index contributed by atoms with van der Waals surface area (Å²) in [4.78, 5) is 61.6. The number of anilines is 3. The molecule has 20 heteroatoms. The molecule has 0 saturated heterocycles. The van der Waals surface area contributed by atoms with Crippen LogP contribution in [0.4, 0.5) is 17.6 Å². The number of rotatable bonds is 17. The summed E-state index contributed by atoms with van der Waals surface area (Å²) in [5.41, 5.74) is 22.9. The average Bonchev–Trinajstić information content (AvgIpc) is 4.07. The minimum atomic E-state index is -0.655. The predicted molar refractivity (Wildman–Crippen MR) is 245 cm³/mol. The van der Waals surface area contributed by atoms with Crippen molar-refractivity contribution in [1.82, 2.24) is 43.6 Å². The van der Waals surface area contributed by atoms with Crippen LogP contribution in [0.25, 0.3) is 22.1 Å². The zero-order valence-electron chi connectivity index (χ0n) is 37.0. The third kappa shape index (κ3) is 10.8. The number of primary amides is 1. The van der Waals surface area contributed by atoms with Crippen LogP contribution in [0.3, 0.4) is 0 Å². The average molecular weight is 875 g/mol. The standard InChI is InChI=1S/C36H39N11O5.C7H10N2O.CH5N/c1-5-47-28(14-21(2)44-47)34(50)43-36-42-27-17-23(33(38)49)18-30(52-13-10-25-9-8-24(37)19-40-25)32(27)46(36)12-7-6-11-45-31-26(41-35(45)39-3)15-22(20-48)16-29(31)51-4;1-3-9-7(5-10)4-6(2)8-9;1-2/h6-9,14-20H,5,10-13,37H2,1-4H3,(H2,38,49)(H,39,41)(H,42,43,50);4-5H,3H2,1-2H3;2H2,1H3/b7-6+;;. The van der Waals surface area contributed by atoms with E-state index in [4.69, 9.17) is 25.9 Å². The van der Waals surface area contributed by atoms with Crippen molar-refractivity contribution in [2.45, 2.75) is 60.3 Å². The Morgan fingerprint density at radius 1 is 0.812 bits per heavy atom. The molecule has 20 nitrogen and oxygen atoms in total. The smallest absolute Gasteiger partial charge is 0.276 e. The second-order valence-electron chi connectivity index (χ2n) is 14.0. The molecule has 0 aliphatic heterocycles. The van der Waals surface area contributed by atoms with E-state index in [0.717, 1.165) is 36.0 Å². The van der Waals surface area contributed by atoms with Crippen molar-refractivity contribution in [3.05, 3.63) is 106 Å². The molecular weight excluding hydrogens is 821 g/mol. The Morgan fingerprint density at radius 3 is 2.05 bits per heavy atom. The number of methoxy groups -OCH3 is 1. The molecule has 2 aromatic carbocycles. The quantitative estimate of drug-likeness (QED) is 0.0619. The lowest BCUT2D eigenvalue weighted by molar-refractivity contribution is 0.0995. The Hall–Kier alpha value is -7.87. The van der Waals surface area contributed by atoms with Gasteiger partial charge in [-0.3, -0.25) is 38.8 Å². The van der Waals surface area contributed by atoms with Crippen LogP contribution in [0.5, 0.6) is 11.5 Å². The fraction of sp³-hybridized carbons (Fsp3) is 0.295. The van der Waals surface area contributed by atoms with Gasteiger partial charge in [-0.2, -0.15) is 10.2 Å². The molecule has 0 fully saturated rings. The minimum absolute atomic E-state index is 0.198. The first-order valence-electron chi connectivity index (χ1n) is 20.4. The number of nitrogens with zero attached hydrogens (tertiary/aromatic N) is 9. The second-order valence-corrected chi connectivity index (χ2v) is 14.0. The van der Waals surface area contributed by atoms with Gasteiger partial charge in [-0.05, 0) is 83.3 Å². The molecule has 336 valence electrons. The Kier molecular flexibility index (Phi) is 16.1. The number of amides is 2. The number of pyridine rings is 1. The molecule has 0 atom stereocenters. The number of ether oxygens (including phenoxy) is 2. The number of carbonyl (C=O) groups excluding carboxylic acids is 4. The normalized spacial score (nSPS) is 10.9. The number of nitrogen functional groups attached to an aromatic ring is 1. The predicted octanol–water partition coefficient (Wildman–Crippen LogP) is 4.58. The molecule has 5 heterocycles. The molecule has 0 aliphatic carbocycles. The number of allylic oxidation sites excluding steroid dienone is 2. The summed E-state index contributed by atoms with van der Waals surface area (Å²) in [6, 6.07) is 13.6. The zero-order valence-corrected chi connectivity index (χ0v) is 37.0. The lowest BCUT2D eigenvalue weighted by Crippen LogP contribution is -2.20. The molecule has 5 aromatic heterocycles. The van der Waals surface area contributed by atoms with Crippen LogP contribution in [0.2, 0.25) is 0 Å². The molecule has 8 N–H and O–H groups in total. The highest BCUT2D eigenvalue weighted by Gasteiger charge is 2.22. The van der Waals surface area contributed by atoms with Gasteiger partial charge in [-0.25, -0.2) is 9.97 Å². The maximum Gasteiger partial charge on any atom is 0.276 e. The number of nitrogens with one attached hydrogen (secondary N) is 2. The molecule has 7 rings (SSSR count). The summed E-state index contributed by atoms with van der Waals surface area (Å²) < 4.78 is 18.9. The number of hydrogen-bond donors (Lipinski definition) is 5. The molecular formula is C44H54N14O6. The van der Waals surface area contributed by atoms with Crippen LogP contribution in [-0.4, -0.2) is 95.8 Å². The number of imidazole rings is 2. The van der Waals surface area contributed by atoms with Crippen molar-refractivity contribution >= 4 is 64.0 Å².